The van der Waals surface area contributed by atoms with Crippen molar-refractivity contribution in [2.24, 2.45) is 0 Å². The Morgan fingerprint density at radius 2 is 2.11 bits per heavy atom. The number of halogens is 2. The Hall–Kier alpha value is -1.19. The van der Waals surface area contributed by atoms with Crippen LogP contribution in [0.2, 0.25) is 5.02 Å². The molecule has 19 heavy (non-hydrogen) atoms. The van der Waals surface area contributed by atoms with E-state index in [1.54, 1.807) is 18.2 Å². The third kappa shape index (κ3) is 3.43. The monoisotopic (exact) mass is 408 g/mol. The average Bonchev–Trinajstić information content (AvgIpc) is 2.82. The summed E-state index contributed by atoms with van der Waals surface area (Å²) >= 11 is 8.71. The van der Waals surface area contributed by atoms with E-state index in [-0.39, 0.29) is 15.8 Å². The van der Waals surface area contributed by atoms with Gasteiger partial charge in [-0.15, -0.1) is 0 Å². The first-order valence-electron chi connectivity index (χ1n) is 4.98. The number of rotatable bonds is 3. The largest absolute Gasteiger partial charge is 0.324 e. The molecule has 0 saturated carbocycles. The molecular weight excluding hydrogens is 403 g/mol. The zero-order chi connectivity index (χ0) is 14.0. The lowest BCUT2D eigenvalue weighted by Crippen LogP contribution is -2.11. The number of thiophene rings is 1. The van der Waals surface area contributed by atoms with Gasteiger partial charge in [0.1, 0.15) is 0 Å². The van der Waals surface area contributed by atoms with Crippen molar-refractivity contribution in [2.45, 2.75) is 0 Å². The first kappa shape index (κ1) is 14.2. The van der Waals surface area contributed by atoms with Crippen molar-refractivity contribution in [2.75, 3.05) is 5.32 Å². The molecule has 0 aliphatic heterocycles. The molecule has 1 heterocycles. The minimum atomic E-state index is -0.520. The summed E-state index contributed by atoms with van der Waals surface area (Å²) in [5.74, 6) is -0.377. The van der Waals surface area contributed by atoms with E-state index < -0.39 is 4.92 Å². The van der Waals surface area contributed by atoms with E-state index in [2.05, 4.69) is 27.9 Å². The molecule has 2 rings (SSSR count). The zero-order valence-electron chi connectivity index (χ0n) is 9.22. The van der Waals surface area contributed by atoms with Gasteiger partial charge < -0.3 is 5.32 Å². The van der Waals surface area contributed by atoms with Crippen LogP contribution < -0.4 is 5.32 Å². The quantitative estimate of drug-likeness (QED) is 0.471. The van der Waals surface area contributed by atoms with Crippen LogP contribution in [-0.2, 0) is 0 Å². The molecule has 0 atom stereocenters. The molecule has 0 spiro atoms. The van der Waals surface area contributed by atoms with Gasteiger partial charge in [-0.2, -0.15) is 0 Å². The SMILES string of the molecule is O=C(Nc1ccc(Cl)cc1I)c1ccc([N+](=O)[O-])s1. The van der Waals surface area contributed by atoms with Crippen LogP contribution in [-0.4, -0.2) is 10.8 Å². The normalized spacial score (nSPS) is 10.2. The minimum absolute atomic E-state index is 0.0593. The van der Waals surface area contributed by atoms with E-state index in [4.69, 9.17) is 11.6 Å². The molecule has 0 aliphatic carbocycles. The summed E-state index contributed by atoms with van der Waals surface area (Å²) in [7, 11) is 0. The van der Waals surface area contributed by atoms with Crippen LogP contribution in [0.25, 0.3) is 0 Å². The maximum absolute atomic E-state index is 11.9. The predicted molar refractivity (Wildman–Crippen MR) is 83.1 cm³/mol. The molecule has 8 heteroatoms. The summed E-state index contributed by atoms with van der Waals surface area (Å²) in [6.07, 6.45) is 0. The summed E-state index contributed by atoms with van der Waals surface area (Å²) in [4.78, 5) is 22.3. The van der Waals surface area contributed by atoms with Crippen molar-refractivity contribution >= 4 is 62.1 Å². The number of nitrogens with zero attached hydrogens (tertiary/aromatic N) is 1. The van der Waals surface area contributed by atoms with Crippen molar-refractivity contribution in [3.05, 3.63) is 53.9 Å². The Morgan fingerprint density at radius 3 is 2.68 bits per heavy atom. The maximum Gasteiger partial charge on any atom is 0.324 e. The van der Waals surface area contributed by atoms with Crippen LogP contribution >= 0.6 is 45.5 Å². The molecule has 98 valence electrons. The first-order valence-corrected chi connectivity index (χ1v) is 7.25. The van der Waals surface area contributed by atoms with Gasteiger partial charge in [0.15, 0.2) is 0 Å². The summed E-state index contributed by atoms with van der Waals surface area (Å²) < 4.78 is 0.796. The second-order valence-electron chi connectivity index (χ2n) is 3.47. The number of hydrogen-bond donors (Lipinski definition) is 1. The van der Waals surface area contributed by atoms with E-state index >= 15 is 0 Å². The number of nitro groups is 1. The molecule has 0 fully saturated rings. The van der Waals surface area contributed by atoms with E-state index in [1.165, 1.54) is 12.1 Å². The summed E-state index contributed by atoms with van der Waals surface area (Å²) in [6, 6.07) is 7.81. The van der Waals surface area contributed by atoms with Gasteiger partial charge in [-0.05, 0) is 46.9 Å². The number of carbonyl (C=O) groups excluding carboxylic acids is 1. The Labute approximate surface area is 130 Å². The summed E-state index contributed by atoms with van der Waals surface area (Å²) in [5.41, 5.74) is 0.617. The third-order valence-corrected chi connectivity index (χ3v) is 4.34. The van der Waals surface area contributed by atoms with Crippen LogP contribution in [0.15, 0.2) is 30.3 Å². The Balaban J connectivity index is 2.18. The van der Waals surface area contributed by atoms with E-state index in [9.17, 15) is 14.9 Å². The minimum Gasteiger partial charge on any atom is -0.320 e. The second kappa shape index (κ2) is 5.85. The Kier molecular flexibility index (Phi) is 4.38. The Bertz CT molecular complexity index is 659. The molecule has 2 aromatic rings. The molecule has 0 radical (unpaired) electrons. The topological polar surface area (TPSA) is 72.2 Å². The molecule has 0 saturated heterocycles. The molecule has 1 amide bonds. The number of anilines is 1. The summed E-state index contributed by atoms with van der Waals surface area (Å²) in [5, 5.41) is 13.8. The number of benzene rings is 1. The highest BCUT2D eigenvalue weighted by molar-refractivity contribution is 14.1. The van der Waals surface area contributed by atoms with E-state index in [0.29, 0.717) is 10.7 Å². The van der Waals surface area contributed by atoms with Gasteiger partial charge in [-0.1, -0.05) is 22.9 Å². The molecule has 0 aliphatic rings. The standard InChI is InChI=1S/C11H6ClIN2O3S/c12-6-1-2-8(7(13)5-6)14-11(16)9-3-4-10(19-9)15(17)18/h1-5H,(H,14,16). The van der Waals surface area contributed by atoms with E-state index in [1.807, 2.05) is 0 Å². The fourth-order valence-corrected chi connectivity index (χ4v) is 3.04. The molecule has 1 aromatic heterocycles. The predicted octanol–water partition coefficient (Wildman–Crippen LogP) is 4.17. The van der Waals surface area contributed by atoms with Gasteiger partial charge >= 0.3 is 5.00 Å². The highest BCUT2D eigenvalue weighted by Crippen LogP contribution is 2.26. The van der Waals surface area contributed by atoms with Crippen molar-refractivity contribution in [3.8, 4) is 0 Å². The van der Waals surface area contributed by atoms with Gasteiger partial charge in [0.2, 0.25) is 0 Å². The van der Waals surface area contributed by atoms with Gasteiger partial charge in [0.25, 0.3) is 5.91 Å². The highest BCUT2D eigenvalue weighted by Gasteiger charge is 2.16. The molecule has 1 N–H and O–H groups in total. The van der Waals surface area contributed by atoms with Crippen LogP contribution in [0.3, 0.4) is 0 Å². The zero-order valence-corrected chi connectivity index (χ0v) is 13.0. The fourth-order valence-electron chi connectivity index (χ4n) is 1.32. The van der Waals surface area contributed by atoms with Crippen LogP contribution in [0, 0.1) is 13.7 Å². The molecular formula is C11H6ClIN2O3S. The molecule has 0 bridgehead atoms. The Morgan fingerprint density at radius 1 is 1.37 bits per heavy atom. The van der Waals surface area contributed by atoms with Crippen molar-refractivity contribution in [1.82, 2.24) is 0 Å². The van der Waals surface area contributed by atoms with Gasteiger partial charge in [-0.25, -0.2) is 0 Å². The number of carbonyl (C=O) groups is 1. The van der Waals surface area contributed by atoms with Crippen LogP contribution in [0.1, 0.15) is 9.67 Å². The lowest BCUT2D eigenvalue weighted by molar-refractivity contribution is -0.380. The lowest BCUT2D eigenvalue weighted by Gasteiger charge is -2.06. The van der Waals surface area contributed by atoms with Gasteiger partial charge in [-0.3, -0.25) is 14.9 Å². The second-order valence-corrected chi connectivity index (χ2v) is 6.13. The average molecular weight is 409 g/mol. The molecule has 5 nitrogen and oxygen atoms in total. The molecule has 1 aromatic carbocycles. The van der Waals surface area contributed by atoms with Crippen molar-refractivity contribution in [1.29, 1.82) is 0 Å². The lowest BCUT2D eigenvalue weighted by atomic mass is 10.3. The third-order valence-electron chi connectivity index (χ3n) is 2.17. The number of amides is 1. The fraction of sp³-hybridized carbons (Fsp3) is 0. The van der Waals surface area contributed by atoms with Crippen molar-refractivity contribution in [3.63, 3.8) is 0 Å². The summed E-state index contributed by atoms with van der Waals surface area (Å²) in [6.45, 7) is 0. The molecule has 0 unspecified atom stereocenters. The maximum atomic E-state index is 11.9. The smallest absolute Gasteiger partial charge is 0.320 e. The van der Waals surface area contributed by atoms with Crippen LogP contribution in [0.5, 0.6) is 0 Å². The van der Waals surface area contributed by atoms with Crippen LogP contribution in [0.4, 0.5) is 10.7 Å². The van der Waals surface area contributed by atoms with Gasteiger partial charge in [0.05, 0.1) is 15.5 Å². The number of nitrogens with one attached hydrogen (secondary N) is 1. The highest BCUT2D eigenvalue weighted by atomic mass is 127. The van der Waals surface area contributed by atoms with Crippen molar-refractivity contribution < 1.29 is 9.72 Å². The van der Waals surface area contributed by atoms with Gasteiger partial charge in [0, 0.05) is 14.7 Å². The first-order chi connectivity index (χ1) is 8.97. The number of hydrogen-bond acceptors (Lipinski definition) is 4. The van der Waals surface area contributed by atoms with E-state index in [0.717, 1.165) is 14.9 Å².